The quantitative estimate of drug-likeness (QED) is 0.747. The molecule has 94 valence electrons. The first-order valence-electron chi connectivity index (χ1n) is 7.23. The molecule has 0 heterocycles. The average Bonchev–Trinajstić information content (AvgIpc) is 2.59. The normalized spacial score (nSPS) is 27.6. The van der Waals surface area contributed by atoms with Crippen molar-refractivity contribution in [3.8, 4) is 0 Å². The van der Waals surface area contributed by atoms with Crippen LogP contribution in [0.15, 0.2) is 0 Å². The van der Waals surface area contributed by atoms with Crippen LogP contribution in [0.5, 0.6) is 0 Å². The van der Waals surface area contributed by atoms with Gasteiger partial charge in [0.1, 0.15) is 0 Å². The van der Waals surface area contributed by atoms with E-state index in [2.05, 4.69) is 0 Å². The van der Waals surface area contributed by atoms with Crippen LogP contribution in [-0.2, 0) is 4.74 Å². The molecule has 0 amide bonds. The van der Waals surface area contributed by atoms with E-state index in [1.54, 1.807) is 0 Å². The van der Waals surface area contributed by atoms with Gasteiger partial charge in [-0.1, -0.05) is 44.9 Å². The fourth-order valence-corrected chi connectivity index (χ4v) is 3.28. The monoisotopic (exact) mass is 225 g/mol. The third-order valence-electron chi connectivity index (χ3n) is 4.36. The van der Waals surface area contributed by atoms with E-state index in [9.17, 15) is 0 Å². The number of hydrogen-bond donors (Lipinski definition) is 1. The molecule has 0 radical (unpaired) electrons. The van der Waals surface area contributed by atoms with Gasteiger partial charge in [-0.05, 0) is 25.7 Å². The van der Waals surface area contributed by atoms with Gasteiger partial charge in [0, 0.05) is 6.54 Å². The summed E-state index contributed by atoms with van der Waals surface area (Å²) in [4.78, 5) is 0. The van der Waals surface area contributed by atoms with Crippen LogP contribution in [-0.4, -0.2) is 18.2 Å². The Morgan fingerprint density at radius 3 is 2.00 bits per heavy atom. The van der Waals surface area contributed by atoms with E-state index in [-0.39, 0.29) is 5.60 Å². The molecule has 0 unspecified atom stereocenters. The Bertz CT molecular complexity index is 191. The molecular weight excluding hydrogens is 198 g/mol. The minimum Gasteiger partial charge on any atom is -0.370 e. The molecule has 0 aliphatic heterocycles. The van der Waals surface area contributed by atoms with Gasteiger partial charge in [0.05, 0.1) is 11.7 Å². The summed E-state index contributed by atoms with van der Waals surface area (Å²) < 4.78 is 6.42. The summed E-state index contributed by atoms with van der Waals surface area (Å²) in [6, 6.07) is 0. The summed E-state index contributed by atoms with van der Waals surface area (Å²) in [6.45, 7) is 0.726. The fraction of sp³-hybridized carbons (Fsp3) is 1.00. The van der Waals surface area contributed by atoms with E-state index < -0.39 is 0 Å². The van der Waals surface area contributed by atoms with E-state index in [1.807, 2.05) is 0 Å². The molecule has 2 aliphatic rings. The maximum Gasteiger partial charge on any atom is 0.0807 e. The Kier molecular flexibility index (Phi) is 4.66. The first kappa shape index (κ1) is 12.4. The van der Waals surface area contributed by atoms with Crippen molar-refractivity contribution < 1.29 is 4.74 Å². The Balaban J connectivity index is 1.88. The molecule has 2 heteroatoms. The maximum absolute atomic E-state index is 6.42. The Hall–Kier alpha value is -0.0800. The molecule has 0 spiro atoms. The second-order valence-electron chi connectivity index (χ2n) is 5.68. The molecule has 16 heavy (non-hydrogen) atoms. The van der Waals surface area contributed by atoms with E-state index in [0.717, 1.165) is 6.54 Å². The minimum atomic E-state index is 0.0489. The number of rotatable bonds is 3. The number of nitrogens with two attached hydrogens (primary N) is 1. The predicted molar refractivity (Wildman–Crippen MR) is 67.4 cm³/mol. The predicted octanol–water partition coefficient (Wildman–Crippen LogP) is 3.39. The number of ether oxygens (including phenoxy) is 1. The SMILES string of the molecule is NCC1(OC2CCCCCC2)CCCCC1. The lowest BCUT2D eigenvalue weighted by molar-refractivity contribution is -0.112. The molecule has 2 N–H and O–H groups in total. The maximum atomic E-state index is 6.42. The third kappa shape index (κ3) is 3.21. The molecule has 2 nitrogen and oxygen atoms in total. The Morgan fingerprint density at radius 2 is 1.44 bits per heavy atom. The first-order chi connectivity index (χ1) is 7.85. The lowest BCUT2D eigenvalue weighted by Crippen LogP contribution is -2.45. The lowest BCUT2D eigenvalue weighted by atomic mass is 9.84. The van der Waals surface area contributed by atoms with Gasteiger partial charge in [0.25, 0.3) is 0 Å². The van der Waals surface area contributed by atoms with Crippen LogP contribution >= 0.6 is 0 Å². The molecule has 0 aromatic rings. The summed E-state index contributed by atoms with van der Waals surface area (Å²) in [7, 11) is 0. The highest BCUT2D eigenvalue weighted by Crippen LogP contribution is 2.34. The van der Waals surface area contributed by atoms with Crippen molar-refractivity contribution in [2.45, 2.75) is 82.3 Å². The smallest absolute Gasteiger partial charge is 0.0807 e. The number of hydrogen-bond acceptors (Lipinski definition) is 2. The summed E-state index contributed by atoms with van der Waals surface area (Å²) in [5.74, 6) is 0. The van der Waals surface area contributed by atoms with Crippen molar-refractivity contribution in [3.63, 3.8) is 0 Å². The summed E-state index contributed by atoms with van der Waals surface area (Å²) in [5, 5.41) is 0. The highest BCUT2D eigenvalue weighted by atomic mass is 16.5. The van der Waals surface area contributed by atoms with Crippen LogP contribution in [0.4, 0.5) is 0 Å². The van der Waals surface area contributed by atoms with Gasteiger partial charge in [-0.15, -0.1) is 0 Å². The van der Waals surface area contributed by atoms with Crippen LogP contribution in [0.3, 0.4) is 0 Å². The highest BCUT2D eigenvalue weighted by molar-refractivity contribution is 4.87. The fourth-order valence-electron chi connectivity index (χ4n) is 3.28. The van der Waals surface area contributed by atoms with Crippen LogP contribution < -0.4 is 5.73 Å². The molecule has 0 atom stereocenters. The average molecular weight is 225 g/mol. The van der Waals surface area contributed by atoms with Gasteiger partial charge in [0.2, 0.25) is 0 Å². The van der Waals surface area contributed by atoms with Gasteiger partial charge < -0.3 is 10.5 Å². The van der Waals surface area contributed by atoms with Gasteiger partial charge in [-0.2, -0.15) is 0 Å². The van der Waals surface area contributed by atoms with Crippen LogP contribution in [0.25, 0.3) is 0 Å². The standard InChI is InChI=1S/C14H27NO/c15-12-14(10-6-3-7-11-14)16-13-8-4-1-2-5-9-13/h13H,1-12,15H2. The van der Waals surface area contributed by atoms with Crippen LogP contribution in [0.1, 0.15) is 70.6 Å². The second kappa shape index (κ2) is 6.02. The summed E-state index contributed by atoms with van der Waals surface area (Å²) in [6.07, 6.45) is 14.9. The van der Waals surface area contributed by atoms with Crippen molar-refractivity contribution >= 4 is 0 Å². The van der Waals surface area contributed by atoms with Crippen molar-refractivity contribution in [1.82, 2.24) is 0 Å². The van der Waals surface area contributed by atoms with Gasteiger partial charge in [-0.25, -0.2) is 0 Å². The van der Waals surface area contributed by atoms with Crippen molar-refractivity contribution in [2.75, 3.05) is 6.54 Å². The summed E-state index contributed by atoms with van der Waals surface area (Å²) >= 11 is 0. The molecular formula is C14H27NO. The molecule has 0 aromatic carbocycles. The molecule has 2 fully saturated rings. The highest BCUT2D eigenvalue weighted by Gasteiger charge is 2.34. The Labute approximate surface area is 99.9 Å². The molecule has 0 bridgehead atoms. The lowest BCUT2D eigenvalue weighted by Gasteiger charge is -2.39. The molecule has 0 saturated heterocycles. The largest absolute Gasteiger partial charge is 0.370 e. The second-order valence-corrected chi connectivity index (χ2v) is 5.68. The van der Waals surface area contributed by atoms with Gasteiger partial charge >= 0.3 is 0 Å². The minimum absolute atomic E-state index is 0.0489. The Morgan fingerprint density at radius 1 is 0.875 bits per heavy atom. The van der Waals surface area contributed by atoms with Gasteiger partial charge in [-0.3, -0.25) is 0 Å². The third-order valence-corrected chi connectivity index (χ3v) is 4.36. The molecule has 2 rings (SSSR count). The van der Waals surface area contributed by atoms with E-state index in [0.29, 0.717) is 6.10 Å². The zero-order valence-electron chi connectivity index (χ0n) is 10.5. The van der Waals surface area contributed by atoms with Crippen molar-refractivity contribution in [2.24, 2.45) is 5.73 Å². The van der Waals surface area contributed by atoms with Gasteiger partial charge in [0.15, 0.2) is 0 Å². The first-order valence-corrected chi connectivity index (χ1v) is 7.23. The zero-order valence-corrected chi connectivity index (χ0v) is 10.5. The van der Waals surface area contributed by atoms with Crippen LogP contribution in [0, 0.1) is 0 Å². The van der Waals surface area contributed by atoms with Crippen LogP contribution in [0.2, 0.25) is 0 Å². The van der Waals surface area contributed by atoms with Crippen molar-refractivity contribution in [1.29, 1.82) is 0 Å². The van der Waals surface area contributed by atoms with E-state index in [1.165, 1.54) is 70.6 Å². The van der Waals surface area contributed by atoms with E-state index in [4.69, 9.17) is 10.5 Å². The summed E-state index contributed by atoms with van der Waals surface area (Å²) in [5.41, 5.74) is 6.02. The zero-order chi connectivity index (χ0) is 11.3. The molecule has 2 saturated carbocycles. The molecule has 2 aliphatic carbocycles. The molecule has 0 aromatic heterocycles. The topological polar surface area (TPSA) is 35.2 Å². The van der Waals surface area contributed by atoms with E-state index >= 15 is 0 Å². The van der Waals surface area contributed by atoms with Crippen molar-refractivity contribution in [3.05, 3.63) is 0 Å².